The van der Waals surface area contributed by atoms with Crippen LogP contribution in [0.25, 0.3) is 10.9 Å². The number of hydrogen-bond acceptors (Lipinski definition) is 8. The Labute approximate surface area is 229 Å². The number of amides is 1. The largest absolute Gasteiger partial charge is 0.492 e. The maximum Gasteiger partial charge on any atom is 0.435 e. The van der Waals surface area contributed by atoms with Gasteiger partial charge in [0, 0.05) is 17.1 Å². The number of nitrogen functional groups attached to an aromatic ring is 1. The van der Waals surface area contributed by atoms with Crippen LogP contribution in [0.5, 0.6) is 5.75 Å². The lowest BCUT2D eigenvalue weighted by Gasteiger charge is -2.29. The van der Waals surface area contributed by atoms with Crippen LogP contribution in [0.2, 0.25) is 0 Å². The van der Waals surface area contributed by atoms with Gasteiger partial charge in [-0.25, -0.2) is 9.59 Å². The second kappa shape index (κ2) is 11.5. The van der Waals surface area contributed by atoms with Gasteiger partial charge in [0.1, 0.15) is 23.6 Å². The average Bonchev–Trinajstić information content (AvgIpc) is 3.14. The Hall–Kier alpha value is -3.79. The molecule has 2 aromatic carbocycles. The van der Waals surface area contributed by atoms with Crippen LogP contribution < -0.4 is 10.5 Å². The summed E-state index contributed by atoms with van der Waals surface area (Å²) in [5, 5.41) is 16.0. The first kappa shape index (κ1) is 29.8. The molecule has 0 aliphatic carbocycles. The van der Waals surface area contributed by atoms with Crippen LogP contribution in [0, 0.1) is 13.8 Å². The van der Waals surface area contributed by atoms with Gasteiger partial charge in [-0.05, 0) is 84.7 Å². The fraction of sp³-hybridized carbons (Fsp3) is 0.483. The first-order valence-electron chi connectivity index (χ1n) is 12.9. The molecule has 0 spiro atoms. The molecule has 3 N–H and O–H groups in total. The Morgan fingerprint density at radius 1 is 1.03 bits per heavy atom. The van der Waals surface area contributed by atoms with Gasteiger partial charge in [0.25, 0.3) is 0 Å². The standard InChI is InChI=1S/C29H40N4O6/c1-18-9-10-20(15-23(18)30)25(34)17-32(26(35)38-28(3,4)5)13-14-37-21-11-12-22-19(2)31-33(24(22)16-21)27(36)39-29(6,7)8/h9-12,15-16,25,34H,13-14,17,30H2,1-8H3/t25-/m0/s1. The van der Waals surface area contributed by atoms with E-state index in [-0.39, 0.29) is 19.7 Å². The highest BCUT2D eigenvalue weighted by molar-refractivity contribution is 5.90. The highest BCUT2D eigenvalue weighted by Gasteiger charge is 2.25. The molecule has 0 aliphatic heterocycles. The van der Waals surface area contributed by atoms with Crippen molar-refractivity contribution in [1.82, 2.24) is 14.7 Å². The Bertz CT molecular complexity index is 1340. The molecule has 3 aromatic rings. The second-order valence-corrected chi connectivity index (χ2v) is 11.6. The number of aliphatic hydroxyl groups is 1. The summed E-state index contributed by atoms with van der Waals surface area (Å²) in [6.07, 6.45) is -2.12. The molecule has 1 atom stereocenters. The molecule has 1 heterocycles. The average molecular weight is 541 g/mol. The molecule has 0 fully saturated rings. The van der Waals surface area contributed by atoms with Crippen molar-refractivity contribution in [2.24, 2.45) is 0 Å². The number of benzene rings is 2. The molecule has 0 radical (unpaired) electrons. The summed E-state index contributed by atoms with van der Waals surface area (Å²) in [6, 6.07) is 10.6. The molecule has 0 aliphatic rings. The van der Waals surface area contributed by atoms with Gasteiger partial charge < -0.3 is 30.0 Å². The van der Waals surface area contributed by atoms with E-state index < -0.39 is 29.5 Å². The minimum absolute atomic E-state index is 0.00951. The van der Waals surface area contributed by atoms with Crippen LogP contribution in [0.1, 0.15) is 64.5 Å². The molecular formula is C29H40N4O6. The highest BCUT2D eigenvalue weighted by Crippen LogP contribution is 2.25. The minimum atomic E-state index is -0.970. The predicted octanol–water partition coefficient (Wildman–Crippen LogP) is 5.37. The number of aromatic nitrogens is 2. The number of nitrogens with two attached hydrogens (primary N) is 1. The number of fused-ring (bicyclic) bond motifs is 1. The van der Waals surface area contributed by atoms with Crippen molar-refractivity contribution in [2.45, 2.75) is 72.7 Å². The molecule has 3 rings (SSSR count). The topological polar surface area (TPSA) is 129 Å². The van der Waals surface area contributed by atoms with Crippen LogP contribution in [-0.4, -0.2) is 62.9 Å². The van der Waals surface area contributed by atoms with Crippen LogP contribution >= 0.6 is 0 Å². The molecule has 1 aromatic heterocycles. The summed E-state index contributed by atoms with van der Waals surface area (Å²) in [6.45, 7) is 14.7. The van der Waals surface area contributed by atoms with Crippen LogP contribution in [0.4, 0.5) is 15.3 Å². The van der Waals surface area contributed by atoms with Gasteiger partial charge in [-0.15, -0.1) is 0 Å². The Morgan fingerprint density at radius 2 is 1.69 bits per heavy atom. The molecule has 0 unspecified atom stereocenters. The van der Waals surface area contributed by atoms with Crippen molar-refractivity contribution in [3.05, 3.63) is 53.2 Å². The van der Waals surface area contributed by atoms with E-state index in [1.807, 2.05) is 26.0 Å². The maximum absolute atomic E-state index is 12.9. The zero-order valence-corrected chi connectivity index (χ0v) is 24.1. The van der Waals surface area contributed by atoms with E-state index in [4.69, 9.17) is 19.9 Å². The number of anilines is 1. The van der Waals surface area contributed by atoms with Crippen molar-refractivity contribution >= 4 is 28.8 Å². The molecule has 212 valence electrons. The van der Waals surface area contributed by atoms with Crippen molar-refractivity contribution in [1.29, 1.82) is 0 Å². The van der Waals surface area contributed by atoms with Crippen LogP contribution in [-0.2, 0) is 9.47 Å². The van der Waals surface area contributed by atoms with Crippen molar-refractivity contribution in [3.63, 3.8) is 0 Å². The van der Waals surface area contributed by atoms with Crippen molar-refractivity contribution in [2.75, 3.05) is 25.4 Å². The molecule has 10 heteroatoms. The Morgan fingerprint density at radius 3 is 2.31 bits per heavy atom. The van der Waals surface area contributed by atoms with Gasteiger partial charge in [-0.3, -0.25) is 0 Å². The second-order valence-electron chi connectivity index (χ2n) is 11.6. The SMILES string of the molecule is Cc1ccc([C@@H](O)CN(CCOc2ccc3c(C)nn(C(=O)OC(C)(C)C)c3c2)C(=O)OC(C)(C)C)cc1N. The summed E-state index contributed by atoms with van der Waals surface area (Å²) in [5.41, 5.74) is 7.93. The molecular weight excluding hydrogens is 500 g/mol. The van der Waals surface area contributed by atoms with Crippen molar-refractivity contribution < 1.29 is 28.9 Å². The number of rotatable bonds is 7. The fourth-order valence-corrected chi connectivity index (χ4v) is 3.82. The lowest BCUT2D eigenvalue weighted by Crippen LogP contribution is -2.41. The first-order chi connectivity index (χ1) is 18.0. The smallest absolute Gasteiger partial charge is 0.435 e. The maximum atomic E-state index is 12.9. The summed E-state index contributed by atoms with van der Waals surface area (Å²) in [4.78, 5) is 27.1. The fourth-order valence-electron chi connectivity index (χ4n) is 3.82. The minimum Gasteiger partial charge on any atom is -0.492 e. The number of aliphatic hydroxyl groups excluding tert-OH is 1. The number of ether oxygens (including phenoxy) is 3. The summed E-state index contributed by atoms with van der Waals surface area (Å²) >= 11 is 0. The zero-order chi connectivity index (χ0) is 29.1. The van der Waals surface area contributed by atoms with Crippen LogP contribution in [0.15, 0.2) is 36.4 Å². The first-order valence-corrected chi connectivity index (χ1v) is 12.9. The number of aryl methyl sites for hydroxylation is 2. The Balaban J connectivity index is 1.76. The third kappa shape index (κ3) is 8.10. The van der Waals surface area contributed by atoms with E-state index in [0.29, 0.717) is 28.2 Å². The predicted molar refractivity (Wildman–Crippen MR) is 150 cm³/mol. The number of carbonyl (C=O) groups is 2. The number of carbonyl (C=O) groups excluding carboxylic acids is 2. The van der Waals surface area contributed by atoms with Crippen molar-refractivity contribution in [3.8, 4) is 5.75 Å². The van der Waals surface area contributed by atoms with E-state index in [1.54, 1.807) is 65.8 Å². The quantitative estimate of drug-likeness (QED) is 0.383. The zero-order valence-electron chi connectivity index (χ0n) is 24.1. The van der Waals surface area contributed by atoms with E-state index >= 15 is 0 Å². The molecule has 10 nitrogen and oxygen atoms in total. The lowest BCUT2D eigenvalue weighted by molar-refractivity contribution is 0.0117. The monoisotopic (exact) mass is 540 g/mol. The van der Waals surface area contributed by atoms with Gasteiger partial charge in [0.2, 0.25) is 0 Å². The molecule has 0 bridgehead atoms. The molecule has 39 heavy (non-hydrogen) atoms. The summed E-state index contributed by atoms with van der Waals surface area (Å²) < 4.78 is 18.2. The van der Waals surface area contributed by atoms with Crippen LogP contribution in [0.3, 0.4) is 0 Å². The number of hydrogen-bond donors (Lipinski definition) is 2. The Kier molecular flexibility index (Phi) is 8.80. The normalized spacial score (nSPS) is 12.7. The summed E-state index contributed by atoms with van der Waals surface area (Å²) in [7, 11) is 0. The van der Waals surface area contributed by atoms with Gasteiger partial charge in [-0.1, -0.05) is 12.1 Å². The third-order valence-electron chi connectivity index (χ3n) is 5.77. The molecule has 1 amide bonds. The van der Waals surface area contributed by atoms with Gasteiger partial charge >= 0.3 is 12.2 Å². The van der Waals surface area contributed by atoms with E-state index in [2.05, 4.69) is 5.10 Å². The molecule has 0 saturated heterocycles. The van der Waals surface area contributed by atoms with E-state index in [9.17, 15) is 14.7 Å². The lowest BCUT2D eigenvalue weighted by atomic mass is 10.1. The highest BCUT2D eigenvalue weighted by atomic mass is 16.6. The number of nitrogens with zero attached hydrogens (tertiary/aromatic N) is 3. The van der Waals surface area contributed by atoms with E-state index in [1.165, 1.54) is 9.58 Å². The van der Waals surface area contributed by atoms with E-state index in [0.717, 1.165) is 10.9 Å². The van der Waals surface area contributed by atoms with Gasteiger partial charge in [0.05, 0.1) is 30.4 Å². The third-order valence-corrected chi connectivity index (χ3v) is 5.77. The van der Waals surface area contributed by atoms with Gasteiger partial charge in [-0.2, -0.15) is 9.78 Å². The summed E-state index contributed by atoms with van der Waals surface area (Å²) in [5.74, 6) is 0.489. The van der Waals surface area contributed by atoms with Gasteiger partial charge in [0.15, 0.2) is 0 Å². The molecule has 0 saturated carbocycles.